The molecule has 5 heteroatoms. The molecule has 152 valence electrons. The predicted molar refractivity (Wildman–Crippen MR) is 116 cm³/mol. The number of carbonyl (C=O) groups excluding carboxylic acids is 2. The Bertz CT molecular complexity index is 1150. The topological polar surface area (TPSA) is 59.5 Å². The Kier molecular flexibility index (Phi) is 4.74. The van der Waals surface area contributed by atoms with Crippen molar-refractivity contribution in [3.05, 3.63) is 70.9 Å². The lowest BCUT2D eigenvalue weighted by atomic mass is 10.0. The van der Waals surface area contributed by atoms with Crippen molar-refractivity contribution in [1.82, 2.24) is 4.98 Å². The summed E-state index contributed by atoms with van der Waals surface area (Å²) in [5, 5.41) is 0.797. The van der Waals surface area contributed by atoms with Crippen LogP contribution in [0, 0.1) is 0 Å². The maximum Gasteiger partial charge on any atom is 0.339 e. The predicted octanol–water partition coefficient (Wildman–Crippen LogP) is 4.25. The van der Waals surface area contributed by atoms with Crippen LogP contribution in [0.25, 0.3) is 10.9 Å². The summed E-state index contributed by atoms with van der Waals surface area (Å²) in [5.74, 6) is -0.608. The van der Waals surface area contributed by atoms with Crippen molar-refractivity contribution in [2.75, 3.05) is 11.4 Å². The first-order valence-electron chi connectivity index (χ1n) is 10.6. The quantitative estimate of drug-likeness (QED) is 0.617. The molecule has 0 saturated carbocycles. The van der Waals surface area contributed by atoms with E-state index < -0.39 is 12.1 Å². The fraction of sp³-hybridized carbons (Fsp3) is 0.320. The molecular formula is C25H24N2O3. The van der Waals surface area contributed by atoms with Crippen LogP contribution < -0.4 is 4.90 Å². The van der Waals surface area contributed by atoms with E-state index in [1.54, 1.807) is 11.8 Å². The second-order valence-corrected chi connectivity index (χ2v) is 8.05. The Morgan fingerprint density at radius 1 is 1.00 bits per heavy atom. The van der Waals surface area contributed by atoms with Gasteiger partial charge in [-0.3, -0.25) is 9.78 Å². The minimum absolute atomic E-state index is 0.175. The number of para-hydroxylation sites is 2. The van der Waals surface area contributed by atoms with Gasteiger partial charge in [-0.15, -0.1) is 0 Å². The number of fused-ring (bicyclic) bond motifs is 3. The first kappa shape index (κ1) is 18.8. The van der Waals surface area contributed by atoms with Crippen molar-refractivity contribution < 1.29 is 14.3 Å². The SMILES string of the molecule is CC(OC(=O)c1c2c(nc3ccccc13)CCC2)C(=O)N1CCCc2ccccc21. The highest BCUT2D eigenvalue weighted by Crippen LogP contribution is 2.31. The van der Waals surface area contributed by atoms with Crippen LogP contribution >= 0.6 is 0 Å². The van der Waals surface area contributed by atoms with E-state index >= 15 is 0 Å². The molecule has 1 aliphatic carbocycles. The lowest BCUT2D eigenvalue weighted by Gasteiger charge is -2.31. The number of aromatic nitrogens is 1. The summed E-state index contributed by atoms with van der Waals surface area (Å²) in [4.78, 5) is 32.9. The Hall–Kier alpha value is -3.21. The molecule has 2 heterocycles. The van der Waals surface area contributed by atoms with Crippen molar-refractivity contribution in [2.24, 2.45) is 0 Å². The number of nitrogens with zero attached hydrogens (tertiary/aromatic N) is 2. The summed E-state index contributed by atoms with van der Waals surface area (Å²) in [6.07, 6.45) is 3.69. The molecule has 1 atom stereocenters. The van der Waals surface area contributed by atoms with Gasteiger partial charge in [0.15, 0.2) is 6.10 Å². The van der Waals surface area contributed by atoms with E-state index in [1.807, 2.05) is 42.5 Å². The first-order chi connectivity index (χ1) is 14.6. The van der Waals surface area contributed by atoms with E-state index in [-0.39, 0.29) is 5.91 Å². The molecule has 1 amide bonds. The first-order valence-corrected chi connectivity index (χ1v) is 10.6. The van der Waals surface area contributed by atoms with Gasteiger partial charge in [0.2, 0.25) is 0 Å². The van der Waals surface area contributed by atoms with E-state index in [1.165, 1.54) is 0 Å². The third-order valence-corrected chi connectivity index (χ3v) is 6.13. The largest absolute Gasteiger partial charge is 0.449 e. The van der Waals surface area contributed by atoms with Gasteiger partial charge in [-0.25, -0.2) is 4.79 Å². The van der Waals surface area contributed by atoms with E-state index in [2.05, 4.69) is 6.07 Å². The molecule has 0 bridgehead atoms. The summed E-state index contributed by atoms with van der Waals surface area (Å²) in [6, 6.07) is 15.6. The van der Waals surface area contributed by atoms with Crippen molar-refractivity contribution in [1.29, 1.82) is 0 Å². The highest BCUT2D eigenvalue weighted by molar-refractivity contribution is 6.07. The highest BCUT2D eigenvalue weighted by atomic mass is 16.5. The number of hydrogen-bond acceptors (Lipinski definition) is 4. The normalized spacial score (nSPS) is 16.1. The summed E-state index contributed by atoms with van der Waals surface area (Å²) >= 11 is 0. The Morgan fingerprint density at radius 2 is 1.80 bits per heavy atom. The van der Waals surface area contributed by atoms with Gasteiger partial charge >= 0.3 is 5.97 Å². The molecule has 1 unspecified atom stereocenters. The molecule has 1 aliphatic heterocycles. The summed E-state index contributed by atoms with van der Waals surface area (Å²) in [6.45, 7) is 2.31. The summed E-state index contributed by atoms with van der Waals surface area (Å²) in [7, 11) is 0. The Morgan fingerprint density at radius 3 is 2.70 bits per heavy atom. The zero-order chi connectivity index (χ0) is 20.7. The molecule has 1 aromatic heterocycles. The van der Waals surface area contributed by atoms with Crippen LogP contribution in [0.15, 0.2) is 48.5 Å². The number of carbonyl (C=O) groups is 2. The molecule has 30 heavy (non-hydrogen) atoms. The molecule has 0 N–H and O–H groups in total. The van der Waals surface area contributed by atoms with Crippen LogP contribution in [0.1, 0.15) is 46.9 Å². The average Bonchev–Trinajstić information content (AvgIpc) is 3.24. The average molecular weight is 400 g/mol. The van der Waals surface area contributed by atoms with Crippen molar-refractivity contribution in [3.8, 4) is 0 Å². The molecular weight excluding hydrogens is 376 g/mol. The van der Waals surface area contributed by atoms with Crippen LogP contribution in [0.5, 0.6) is 0 Å². The summed E-state index contributed by atoms with van der Waals surface area (Å²) < 4.78 is 5.74. The van der Waals surface area contributed by atoms with Crippen LogP contribution in [-0.2, 0) is 28.8 Å². The number of benzene rings is 2. The fourth-order valence-electron chi connectivity index (χ4n) is 4.70. The van der Waals surface area contributed by atoms with Gasteiger partial charge in [-0.1, -0.05) is 36.4 Å². The van der Waals surface area contributed by atoms with Gasteiger partial charge in [0.25, 0.3) is 5.91 Å². The fourth-order valence-corrected chi connectivity index (χ4v) is 4.70. The Balaban J connectivity index is 1.44. The van der Waals surface area contributed by atoms with E-state index in [0.717, 1.165) is 65.5 Å². The smallest absolute Gasteiger partial charge is 0.339 e. The standard InChI is InChI=1S/C25H24N2O3/c1-16(24(28)27-15-7-9-17-8-2-5-14-22(17)27)30-25(29)23-18-10-3-4-12-20(18)26-21-13-6-11-19(21)23/h2-5,8,10,12,14,16H,6-7,9,11,13,15H2,1H3. The molecule has 5 nitrogen and oxygen atoms in total. The van der Waals surface area contributed by atoms with Gasteiger partial charge in [-0.05, 0) is 62.3 Å². The van der Waals surface area contributed by atoms with Gasteiger partial charge in [0.05, 0.1) is 11.1 Å². The van der Waals surface area contributed by atoms with E-state index in [9.17, 15) is 9.59 Å². The molecule has 3 aromatic rings. The van der Waals surface area contributed by atoms with Gasteiger partial charge < -0.3 is 9.64 Å². The third-order valence-electron chi connectivity index (χ3n) is 6.13. The molecule has 5 rings (SSSR count). The number of amides is 1. The maximum atomic E-state index is 13.2. The number of rotatable bonds is 3. The van der Waals surface area contributed by atoms with Crippen molar-refractivity contribution in [2.45, 2.75) is 45.1 Å². The van der Waals surface area contributed by atoms with Crippen LogP contribution in [0.4, 0.5) is 5.69 Å². The molecule has 2 aliphatic rings. The second kappa shape index (κ2) is 7.56. The van der Waals surface area contributed by atoms with Gasteiger partial charge in [0.1, 0.15) is 0 Å². The molecule has 0 radical (unpaired) electrons. The maximum absolute atomic E-state index is 13.2. The van der Waals surface area contributed by atoms with Crippen LogP contribution in [0.2, 0.25) is 0 Å². The lowest BCUT2D eigenvalue weighted by molar-refractivity contribution is -0.126. The highest BCUT2D eigenvalue weighted by Gasteiger charge is 2.31. The molecule has 0 fully saturated rings. The monoisotopic (exact) mass is 400 g/mol. The van der Waals surface area contributed by atoms with E-state index in [0.29, 0.717) is 12.1 Å². The van der Waals surface area contributed by atoms with Crippen molar-refractivity contribution in [3.63, 3.8) is 0 Å². The number of ether oxygens (including phenoxy) is 1. The molecule has 0 spiro atoms. The minimum Gasteiger partial charge on any atom is -0.449 e. The second-order valence-electron chi connectivity index (χ2n) is 8.05. The van der Waals surface area contributed by atoms with Crippen molar-refractivity contribution >= 4 is 28.5 Å². The summed E-state index contributed by atoms with van der Waals surface area (Å²) in [5.41, 5.74) is 5.41. The molecule has 2 aromatic carbocycles. The van der Waals surface area contributed by atoms with Gasteiger partial charge in [0, 0.05) is 23.3 Å². The number of hydrogen-bond donors (Lipinski definition) is 0. The zero-order valence-corrected chi connectivity index (χ0v) is 17.1. The molecule has 0 saturated heterocycles. The minimum atomic E-state index is -0.854. The van der Waals surface area contributed by atoms with Crippen LogP contribution in [-0.4, -0.2) is 29.5 Å². The number of esters is 1. The van der Waals surface area contributed by atoms with E-state index in [4.69, 9.17) is 9.72 Å². The lowest BCUT2D eigenvalue weighted by Crippen LogP contribution is -2.42. The number of pyridine rings is 1. The Labute approximate surface area is 175 Å². The number of anilines is 1. The van der Waals surface area contributed by atoms with Gasteiger partial charge in [-0.2, -0.15) is 0 Å². The van der Waals surface area contributed by atoms with Crippen LogP contribution in [0.3, 0.4) is 0 Å². The third kappa shape index (κ3) is 3.15. The zero-order valence-electron chi connectivity index (χ0n) is 17.1. The number of aryl methyl sites for hydroxylation is 2.